The quantitative estimate of drug-likeness (QED) is 0.471. The van der Waals surface area contributed by atoms with Gasteiger partial charge in [-0.1, -0.05) is 5.16 Å². The van der Waals surface area contributed by atoms with Crippen LogP contribution in [0.25, 0.3) is 22.5 Å². The molecule has 11 nitrogen and oxygen atoms in total. The van der Waals surface area contributed by atoms with Crippen molar-refractivity contribution in [2.45, 2.75) is 37.9 Å². The highest BCUT2D eigenvalue weighted by Crippen LogP contribution is 2.42. The fourth-order valence-electron chi connectivity index (χ4n) is 3.25. The number of aromatic nitrogens is 5. The van der Waals surface area contributed by atoms with E-state index in [1.54, 1.807) is 13.1 Å². The lowest BCUT2D eigenvalue weighted by atomic mass is 9.96. The number of nitrogens with zero attached hydrogens (tertiary/aromatic N) is 5. The monoisotopic (exact) mass is 362 g/mol. The minimum Gasteiger partial charge on any atom is -0.394 e. The second-order valence-electron chi connectivity index (χ2n) is 6.43. The normalized spacial score (nSPS) is 28.9. The maximum Gasteiger partial charge on any atom is 0.260 e. The van der Waals surface area contributed by atoms with Crippen LogP contribution in [0.1, 0.15) is 19.0 Å². The Morgan fingerprint density at radius 3 is 2.77 bits per heavy atom. The van der Waals surface area contributed by atoms with Crippen LogP contribution < -0.4 is 5.73 Å². The van der Waals surface area contributed by atoms with Crippen molar-refractivity contribution >= 4 is 16.9 Å². The summed E-state index contributed by atoms with van der Waals surface area (Å²) in [6, 6.07) is 0. The van der Waals surface area contributed by atoms with Gasteiger partial charge in [0, 0.05) is 6.20 Å². The zero-order valence-corrected chi connectivity index (χ0v) is 14.1. The van der Waals surface area contributed by atoms with Crippen LogP contribution in [-0.4, -0.2) is 64.4 Å². The highest BCUT2D eigenvalue weighted by molar-refractivity contribution is 5.98. The zero-order chi connectivity index (χ0) is 18.6. The number of rotatable bonds is 3. The minimum atomic E-state index is -1.68. The largest absolute Gasteiger partial charge is 0.394 e. The first-order valence-corrected chi connectivity index (χ1v) is 7.93. The van der Waals surface area contributed by atoms with E-state index < -0.39 is 30.6 Å². The Morgan fingerprint density at radius 1 is 1.38 bits per heavy atom. The third kappa shape index (κ3) is 2.29. The number of nitrogen functional groups attached to an aromatic ring is 1. The molecule has 0 unspecified atom stereocenters. The van der Waals surface area contributed by atoms with Crippen molar-refractivity contribution in [3.63, 3.8) is 0 Å². The van der Waals surface area contributed by atoms with Gasteiger partial charge in [0.1, 0.15) is 35.6 Å². The first kappa shape index (κ1) is 16.8. The van der Waals surface area contributed by atoms with Gasteiger partial charge in [0.05, 0.1) is 17.6 Å². The third-order valence-corrected chi connectivity index (χ3v) is 4.58. The molecule has 5 N–H and O–H groups in total. The molecule has 3 aromatic heterocycles. The molecule has 1 aliphatic heterocycles. The van der Waals surface area contributed by atoms with Gasteiger partial charge in [-0.15, -0.1) is 0 Å². The van der Waals surface area contributed by atoms with E-state index in [9.17, 15) is 15.3 Å². The Balaban J connectivity index is 1.93. The fourth-order valence-corrected chi connectivity index (χ4v) is 3.25. The molecule has 4 heterocycles. The molecule has 1 fully saturated rings. The topological polar surface area (TPSA) is 166 Å². The molecule has 4 atom stereocenters. The van der Waals surface area contributed by atoms with E-state index in [4.69, 9.17) is 15.0 Å². The van der Waals surface area contributed by atoms with Gasteiger partial charge < -0.3 is 34.9 Å². The summed E-state index contributed by atoms with van der Waals surface area (Å²) in [5, 5.41) is 34.6. The first-order chi connectivity index (χ1) is 12.3. The van der Waals surface area contributed by atoms with Gasteiger partial charge in [0.2, 0.25) is 0 Å². The summed E-state index contributed by atoms with van der Waals surface area (Å²) in [6.45, 7) is 2.66. The predicted molar refractivity (Wildman–Crippen MR) is 87.6 cm³/mol. The average Bonchev–Trinajstić information content (AvgIpc) is 3.25. The summed E-state index contributed by atoms with van der Waals surface area (Å²) in [5.74, 6) is 0.845. The van der Waals surface area contributed by atoms with Gasteiger partial charge in [-0.3, -0.25) is 0 Å². The van der Waals surface area contributed by atoms with Crippen molar-refractivity contribution in [2.24, 2.45) is 0 Å². The van der Waals surface area contributed by atoms with E-state index in [1.807, 2.05) is 0 Å². The number of hydrogen-bond donors (Lipinski definition) is 4. The van der Waals surface area contributed by atoms with Gasteiger partial charge >= 0.3 is 0 Å². The Hall–Kier alpha value is -2.60. The van der Waals surface area contributed by atoms with Crippen molar-refractivity contribution in [1.29, 1.82) is 0 Å². The molecule has 1 saturated heterocycles. The number of fused-ring (bicyclic) bond motifs is 1. The molecule has 0 radical (unpaired) electrons. The molecular weight excluding hydrogens is 344 g/mol. The van der Waals surface area contributed by atoms with Gasteiger partial charge in [0.25, 0.3) is 5.89 Å². The fraction of sp³-hybridized carbons (Fsp3) is 0.467. The van der Waals surface area contributed by atoms with Crippen LogP contribution in [0.3, 0.4) is 0 Å². The second kappa shape index (κ2) is 5.71. The van der Waals surface area contributed by atoms with Crippen LogP contribution in [-0.2, 0) is 4.74 Å². The lowest BCUT2D eigenvalue weighted by Crippen LogP contribution is -2.44. The summed E-state index contributed by atoms with van der Waals surface area (Å²) >= 11 is 0. The summed E-state index contributed by atoms with van der Waals surface area (Å²) < 4.78 is 12.4. The van der Waals surface area contributed by atoms with E-state index >= 15 is 0 Å². The maximum absolute atomic E-state index is 10.8. The van der Waals surface area contributed by atoms with Crippen LogP contribution in [0.15, 0.2) is 17.0 Å². The number of hydrogen-bond acceptors (Lipinski definition) is 10. The number of nitrogens with two attached hydrogens (primary N) is 1. The highest BCUT2D eigenvalue weighted by Gasteiger charge is 2.53. The summed E-state index contributed by atoms with van der Waals surface area (Å²) in [5.41, 5.74) is 5.17. The summed E-state index contributed by atoms with van der Waals surface area (Å²) in [4.78, 5) is 12.4. The Morgan fingerprint density at radius 2 is 2.15 bits per heavy atom. The average molecular weight is 362 g/mol. The Labute approximate surface area is 147 Å². The van der Waals surface area contributed by atoms with E-state index in [0.29, 0.717) is 22.4 Å². The molecule has 11 heteroatoms. The lowest BCUT2D eigenvalue weighted by molar-refractivity contribution is -0.0948. The third-order valence-electron chi connectivity index (χ3n) is 4.58. The van der Waals surface area contributed by atoms with E-state index in [-0.39, 0.29) is 11.7 Å². The predicted octanol–water partition coefficient (Wildman–Crippen LogP) is -0.626. The van der Waals surface area contributed by atoms with E-state index in [1.165, 1.54) is 17.8 Å². The highest BCUT2D eigenvalue weighted by atomic mass is 16.6. The minimum absolute atomic E-state index is 0.191. The number of aryl methyl sites for hydroxylation is 1. The molecule has 4 rings (SSSR count). The van der Waals surface area contributed by atoms with Crippen LogP contribution in [0.4, 0.5) is 5.82 Å². The molecule has 138 valence electrons. The molecule has 0 aromatic carbocycles. The van der Waals surface area contributed by atoms with Crippen molar-refractivity contribution in [2.75, 3.05) is 12.3 Å². The maximum atomic E-state index is 10.8. The van der Waals surface area contributed by atoms with E-state index in [0.717, 1.165) is 0 Å². The van der Waals surface area contributed by atoms with Crippen LogP contribution in [0.2, 0.25) is 0 Å². The molecule has 0 spiro atoms. The van der Waals surface area contributed by atoms with Gasteiger partial charge in [-0.25, -0.2) is 9.97 Å². The summed E-state index contributed by atoms with van der Waals surface area (Å²) in [7, 11) is 0. The molecule has 26 heavy (non-hydrogen) atoms. The van der Waals surface area contributed by atoms with Crippen molar-refractivity contribution in [1.82, 2.24) is 24.7 Å². The SMILES string of the molecule is Cc1noc(-c2cn([C@@H]3O[C@H](CO)[C@@H](O)[C@@]3(C)O)c3ncnc(N)c23)n1. The molecular formula is C15H18N6O5. The van der Waals surface area contributed by atoms with Crippen LogP contribution in [0.5, 0.6) is 0 Å². The van der Waals surface area contributed by atoms with Crippen LogP contribution >= 0.6 is 0 Å². The molecule has 3 aromatic rings. The standard InChI is InChI=1S/C15H18N6O5/c1-6-19-13(26-20-6)7-3-21(12-9(7)11(16)17-5-18-12)14-15(2,24)10(23)8(4-22)25-14/h3,5,8,10,14,22-24H,4H2,1-2H3,(H2,16,17,18)/t8-,10-,14-,15-/m1/s1. The molecule has 0 amide bonds. The van der Waals surface area contributed by atoms with Crippen LogP contribution in [0, 0.1) is 6.92 Å². The number of anilines is 1. The number of aliphatic hydroxyl groups excluding tert-OH is 2. The Bertz CT molecular complexity index is 967. The van der Waals surface area contributed by atoms with E-state index in [2.05, 4.69) is 20.1 Å². The zero-order valence-electron chi connectivity index (χ0n) is 14.1. The van der Waals surface area contributed by atoms with Gasteiger partial charge in [-0.05, 0) is 13.8 Å². The lowest BCUT2D eigenvalue weighted by Gasteiger charge is -2.27. The van der Waals surface area contributed by atoms with Crippen molar-refractivity contribution in [3.8, 4) is 11.5 Å². The number of aliphatic hydroxyl groups is 3. The van der Waals surface area contributed by atoms with Crippen molar-refractivity contribution in [3.05, 3.63) is 18.3 Å². The molecule has 1 aliphatic rings. The van der Waals surface area contributed by atoms with Gasteiger partial charge in [0.15, 0.2) is 12.1 Å². The Kier molecular flexibility index (Phi) is 3.70. The van der Waals surface area contributed by atoms with Gasteiger partial charge in [-0.2, -0.15) is 4.98 Å². The second-order valence-corrected chi connectivity index (χ2v) is 6.43. The molecule has 0 bridgehead atoms. The smallest absolute Gasteiger partial charge is 0.260 e. The first-order valence-electron chi connectivity index (χ1n) is 7.93. The molecule has 0 saturated carbocycles. The summed E-state index contributed by atoms with van der Waals surface area (Å²) in [6.07, 6.45) is -0.386. The molecule has 0 aliphatic carbocycles. The number of ether oxygens (including phenoxy) is 1. The van der Waals surface area contributed by atoms with Crippen molar-refractivity contribution < 1.29 is 24.6 Å².